The zero-order valence-electron chi connectivity index (χ0n) is 17.2. The molecule has 0 nitrogen and oxygen atoms in total. The van der Waals surface area contributed by atoms with Crippen LogP contribution in [0.3, 0.4) is 0 Å². The zero-order chi connectivity index (χ0) is 19.6. The molecule has 0 aromatic heterocycles. The molecular weight excluding hydrogens is 336 g/mol. The molecule has 28 heavy (non-hydrogen) atoms. The molecule has 0 fully saturated rings. The average Bonchev–Trinajstić information content (AvgIpc) is 2.74. The third-order valence-electron chi connectivity index (χ3n) is 5.06. The summed E-state index contributed by atoms with van der Waals surface area (Å²) in [5, 5.41) is 0. The highest BCUT2D eigenvalue weighted by molar-refractivity contribution is 5.44. The molecule has 0 radical (unpaired) electrons. The fourth-order valence-corrected chi connectivity index (χ4v) is 3.39. The van der Waals surface area contributed by atoms with Crippen molar-refractivity contribution in [3.63, 3.8) is 0 Å². The maximum Gasteiger partial charge on any atom is 0.0249 e. The van der Waals surface area contributed by atoms with E-state index in [1.165, 1.54) is 41.5 Å². The van der Waals surface area contributed by atoms with E-state index in [9.17, 15) is 0 Å². The highest BCUT2D eigenvalue weighted by atomic mass is 14.0. The first-order valence-corrected chi connectivity index (χ1v) is 10.5. The van der Waals surface area contributed by atoms with E-state index in [2.05, 4.69) is 98.5 Å². The summed E-state index contributed by atoms with van der Waals surface area (Å²) in [6.45, 7) is 4.44. The maximum atomic E-state index is 3.28. The third-order valence-corrected chi connectivity index (χ3v) is 5.06. The summed E-state index contributed by atoms with van der Waals surface area (Å²) < 4.78 is 0. The second kappa shape index (κ2) is 10.5. The number of rotatable bonds is 7. The quantitative estimate of drug-likeness (QED) is 0.404. The van der Waals surface area contributed by atoms with E-state index in [-0.39, 0.29) is 0 Å². The summed E-state index contributed by atoms with van der Waals surface area (Å²) in [6, 6.07) is 26.4. The van der Waals surface area contributed by atoms with Gasteiger partial charge in [0.05, 0.1) is 0 Å². The molecule has 0 saturated heterocycles. The van der Waals surface area contributed by atoms with Crippen molar-refractivity contribution in [2.24, 2.45) is 0 Å². The number of hydrogen-bond donors (Lipinski definition) is 0. The van der Waals surface area contributed by atoms with Gasteiger partial charge in [-0.2, -0.15) is 0 Å². The summed E-state index contributed by atoms with van der Waals surface area (Å²) >= 11 is 0. The Hall–Kier alpha value is -2.78. The molecule has 0 atom stereocenters. The smallest absolute Gasteiger partial charge is 0.0249 e. The molecule has 0 unspecified atom stereocenters. The highest BCUT2D eigenvalue weighted by Gasteiger charge is 1.98. The van der Waals surface area contributed by atoms with E-state index in [1.54, 1.807) is 0 Å². The van der Waals surface area contributed by atoms with E-state index >= 15 is 0 Å². The molecule has 0 aliphatic heterocycles. The fourth-order valence-electron chi connectivity index (χ4n) is 3.39. The minimum atomic E-state index is 1.07. The Morgan fingerprint density at radius 3 is 1.04 bits per heavy atom. The third kappa shape index (κ3) is 6.14. The molecule has 0 heterocycles. The first kappa shape index (κ1) is 20.0. The van der Waals surface area contributed by atoms with Crippen LogP contribution in [0.2, 0.25) is 0 Å². The second-order valence-corrected chi connectivity index (χ2v) is 7.46. The van der Waals surface area contributed by atoms with Crippen molar-refractivity contribution >= 4 is 0 Å². The van der Waals surface area contributed by atoms with Crippen LogP contribution in [0, 0.1) is 11.8 Å². The van der Waals surface area contributed by atoms with Crippen LogP contribution in [0.25, 0.3) is 0 Å². The Morgan fingerprint density at radius 2 is 0.714 bits per heavy atom. The van der Waals surface area contributed by atoms with Crippen molar-refractivity contribution in [1.29, 1.82) is 0 Å². The van der Waals surface area contributed by atoms with Crippen LogP contribution >= 0.6 is 0 Å². The largest absolute Gasteiger partial charge is 0.0651 e. The van der Waals surface area contributed by atoms with Crippen molar-refractivity contribution in [2.75, 3.05) is 0 Å². The van der Waals surface area contributed by atoms with Gasteiger partial charge in [-0.3, -0.25) is 0 Å². The summed E-state index contributed by atoms with van der Waals surface area (Å²) in [4.78, 5) is 0. The SMILES string of the molecule is CCCc1ccc(C#Cc2ccc(CCc3ccc(CCC)cc3)cc2)cc1. The lowest BCUT2D eigenvalue weighted by molar-refractivity contribution is 0.914. The van der Waals surface area contributed by atoms with Gasteiger partial charge in [-0.25, -0.2) is 0 Å². The first-order chi connectivity index (χ1) is 13.8. The van der Waals surface area contributed by atoms with Gasteiger partial charge < -0.3 is 0 Å². The summed E-state index contributed by atoms with van der Waals surface area (Å²) in [5.41, 5.74) is 7.76. The van der Waals surface area contributed by atoms with Crippen LogP contribution in [-0.2, 0) is 25.7 Å². The Bertz CT molecular complexity index is 901. The molecule has 0 spiro atoms. The molecule has 0 N–H and O–H groups in total. The predicted molar refractivity (Wildman–Crippen MR) is 121 cm³/mol. The van der Waals surface area contributed by atoms with Gasteiger partial charge in [0, 0.05) is 11.1 Å². The maximum absolute atomic E-state index is 3.28. The van der Waals surface area contributed by atoms with Crippen LogP contribution in [-0.4, -0.2) is 0 Å². The van der Waals surface area contributed by atoms with Crippen molar-refractivity contribution in [2.45, 2.75) is 52.4 Å². The zero-order valence-corrected chi connectivity index (χ0v) is 17.2. The lowest BCUT2D eigenvalue weighted by Crippen LogP contribution is -1.92. The highest BCUT2D eigenvalue weighted by Crippen LogP contribution is 2.12. The molecule has 142 valence electrons. The van der Waals surface area contributed by atoms with Crippen LogP contribution in [0.4, 0.5) is 0 Å². The van der Waals surface area contributed by atoms with E-state index in [4.69, 9.17) is 0 Å². The van der Waals surface area contributed by atoms with Crippen molar-refractivity contribution in [3.05, 3.63) is 106 Å². The van der Waals surface area contributed by atoms with E-state index in [0.717, 1.165) is 30.4 Å². The van der Waals surface area contributed by atoms with Crippen LogP contribution < -0.4 is 0 Å². The average molecular weight is 367 g/mol. The van der Waals surface area contributed by atoms with Crippen molar-refractivity contribution in [3.8, 4) is 11.8 Å². The van der Waals surface area contributed by atoms with Gasteiger partial charge in [0.2, 0.25) is 0 Å². The number of benzene rings is 3. The molecule has 3 rings (SSSR count). The standard InChI is InChI=1S/C28H30/c1-3-5-23-7-11-25(12-8-23)15-17-27-19-21-28(22-20-27)18-16-26-13-9-24(6-4-2)10-14-26/h7-14,19-22H,3-6,15,17H2,1-2H3. The van der Waals surface area contributed by atoms with Gasteiger partial charge in [0.15, 0.2) is 0 Å². The van der Waals surface area contributed by atoms with Crippen molar-refractivity contribution < 1.29 is 0 Å². The van der Waals surface area contributed by atoms with Crippen LogP contribution in [0.5, 0.6) is 0 Å². The van der Waals surface area contributed by atoms with Gasteiger partial charge in [0.25, 0.3) is 0 Å². The Balaban J connectivity index is 1.55. The topological polar surface area (TPSA) is 0 Å². The molecule has 0 amide bonds. The van der Waals surface area contributed by atoms with Gasteiger partial charge >= 0.3 is 0 Å². The molecule has 3 aromatic carbocycles. The fraction of sp³-hybridized carbons (Fsp3) is 0.286. The molecule has 0 aliphatic carbocycles. The van der Waals surface area contributed by atoms with Gasteiger partial charge in [0.1, 0.15) is 0 Å². The van der Waals surface area contributed by atoms with Crippen molar-refractivity contribution in [1.82, 2.24) is 0 Å². The normalized spacial score (nSPS) is 10.4. The predicted octanol–water partition coefficient (Wildman–Crippen LogP) is 6.78. The minimum Gasteiger partial charge on any atom is -0.0651 e. The minimum absolute atomic E-state index is 1.07. The Labute approximate surface area is 170 Å². The molecular formula is C28H30. The van der Waals surface area contributed by atoms with E-state index in [1.807, 2.05) is 0 Å². The number of hydrogen-bond acceptors (Lipinski definition) is 0. The van der Waals surface area contributed by atoms with Gasteiger partial charge in [-0.15, -0.1) is 0 Å². The molecule has 0 heteroatoms. The molecule has 3 aromatic rings. The second-order valence-electron chi connectivity index (χ2n) is 7.46. The summed E-state index contributed by atoms with van der Waals surface area (Å²) in [5.74, 6) is 6.55. The Morgan fingerprint density at radius 1 is 0.429 bits per heavy atom. The Kier molecular flexibility index (Phi) is 7.51. The molecule has 0 bridgehead atoms. The lowest BCUT2D eigenvalue weighted by Gasteiger charge is -2.04. The van der Waals surface area contributed by atoms with Gasteiger partial charge in [-0.05, 0) is 72.2 Å². The van der Waals surface area contributed by atoms with E-state index in [0.29, 0.717) is 0 Å². The van der Waals surface area contributed by atoms with Gasteiger partial charge in [-0.1, -0.05) is 87.1 Å². The molecule has 0 aliphatic rings. The van der Waals surface area contributed by atoms with Crippen LogP contribution in [0.15, 0.2) is 72.8 Å². The molecule has 0 saturated carbocycles. The van der Waals surface area contributed by atoms with Crippen LogP contribution in [0.1, 0.15) is 60.1 Å². The number of aryl methyl sites for hydroxylation is 4. The summed E-state index contributed by atoms with van der Waals surface area (Å²) in [7, 11) is 0. The van der Waals surface area contributed by atoms with E-state index < -0.39 is 0 Å². The summed E-state index contributed by atoms with van der Waals surface area (Å²) in [6.07, 6.45) is 6.85. The first-order valence-electron chi connectivity index (χ1n) is 10.5. The lowest BCUT2D eigenvalue weighted by atomic mass is 10.0. The monoisotopic (exact) mass is 366 g/mol.